The van der Waals surface area contributed by atoms with Crippen molar-refractivity contribution in [1.29, 1.82) is 0 Å². The molecule has 0 unspecified atom stereocenters. The molecule has 0 aliphatic rings. The second-order valence-corrected chi connectivity index (χ2v) is 0. The Balaban J connectivity index is -0.00000000500. The average molecular weight is 140 g/mol. The quantitative estimate of drug-likeness (QED) is 0.389. The van der Waals surface area contributed by atoms with E-state index in [1.54, 1.807) is 0 Å². The van der Waals surface area contributed by atoms with E-state index in [0.717, 1.165) is 0 Å². The third-order valence-electron chi connectivity index (χ3n) is 0. The van der Waals surface area contributed by atoms with Crippen molar-refractivity contribution < 1.29 is 9.93 Å². The summed E-state index contributed by atoms with van der Waals surface area (Å²) in [4.78, 5) is 0. The summed E-state index contributed by atoms with van der Waals surface area (Å²) in [6, 6.07) is 0. The topological polar surface area (TPSA) is 63.0 Å². The van der Waals surface area contributed by atoms with Crippen LogP contribution in [-0.4, -0.2) is 67.5 Å². The molecule has 24 valence electrons. The van der Waals surface area contributed by atoms with Gasteiger partial charge in [-0.1, -0.05) is 0 Å². The Hall–Kier alpha value is 1.66. The zero-order chi connectivity index (χ0) is 2.00. The molecule has 0 spiro atoms. The molecule has 0 aromatic carbocycles. The first kappa shape index (κ1) is 17.4. The van der Waals surface area contributed by atoms with Crippen molar-refractivity contribution in [3.63, 3.8) is 0 Å². The van der Waals surface area contributed by atoms with E-state index in [1.165, 1.54) is 0 Å². The van der Waals surface area contributed by atoms with Crippen molar-refractivity contribution >= 4 is 56.6 Å². The van der Waals surface area contributed by atoms with E-state index in [1.807, 2.05) is 0 Å². The number of rotatable bonds is 0. The van der Waals surface area contributed by atoms with Crippen LogP contribution in [0.25, 0.3) is 0 Å². The van der Waals surface area contributed by atoms with Gasteiger partial charge in [0.15, 0.2) is 0 Å². The van der Waals surface area contributed by atoms with Crippen LogP contribution in [-0.2, 0) is 0 Å². The summed E-state index contributed by atoms with van der Waals surface area (Å²) in [5.41, 5.74) is 0. The van der Waals surface area contributed by atoms with E-state index in [0.29, 0.717) is 0 Å². The molecule has 0 aromatic rings. The van der Waals surface area contributed by atoms with Gasteiger partial charge in [0.2, 0.25) is 0 Å². The Kier molecular flexibility index (Phi) is 98.7. The van der Waals surface area contributed by atoms with E-state index < -0.39 is 56.6 Å². The van der Waals surface area contributed by atoms with Gasteiger partial charge in [0.05, 0.1) is 0 Å². The first-order valence-corrected chi connectivity index (χ1v) is 2.24. The van der Waals surface area contributed by atoms with Gasteiger partial charge in [-0.2, -0.15) is 0 Å². The summed E-state index contributed by atoms with van der Waals surface area (Å²) in [5.74, 6) is 0. The second-order valence-electron chi connectivity index (χ2n) is 0. The van der Waals surface area contributed by atoms with Gasteiger partial charge in [0.1, 0.15) is 0 Å². The predicted octanol–water partition coefficient (Wildman–Crippen LogP) is -1.61. The van der Waals surface area contributed by atoms with Crippen LogP contribution in [0.1, 0.15) is 0 Å². The molecule has 4 heteroatoms. The molecule has 0 fully saturated rings. The minimum absolute atomic E-state index is 0. The molecule has 0 radical (unpaired) electrons. The van der Waals surface area contributed by atoms with Crippen LogP contribution in [0, 0.1) is 0 Å². The molecule has 2 nitrogen and oxygen atoms in total. The molecular formula is H4FO2Rb. The van der Waals surface area contributed by atoms with Crippen LogP contribution in [0.2, 0.25) is 0 Å². The van der Waals surface area contributed by atoms with Crippen LogP contribution in [0.5, 0.6) is 0 Å². The first-order chi connectivity index (χ1) is 1.00. The monoisotopic (exact) mass is 140 g/mol. The van der Waals surface area contributed by atoms with E-state index in [4.69, 9.17) is 0 Å². The zero-order valence-corrected chi connectivity index (χ0v) is 7.29. The Morgan fingerprint density at radius 2 is 1.00 bits per heavy atom. The maximum atomic E-state index is 9.71. The van der Waals surface area contributed by atoms with Crippen LogP contribution in [0.15, 0.2) is 0 Å². The molecule has 0 aliphatic heterocycles. The molecule has 0 aliphatic carbocycles. The standard InChI is InChI=1S/FH.2H2O.Rb/h1H;2*1H2;/q;;;+1/p-1. The fraction of sp³-hybridized carbons (Fsp3) is 0. The van der Waals surface area contributed by atoms with E-state index in [-0.39, 0.29) is 11.0 Å². The fourth-order valence-electron chi connectivity index (χ4n) is 0. The van der Waals surface area contributed by atoms with Crippen molar-refractivity contribution in [3.8, 4) is 0 Å². The first-order valence-electron chi connectivity index (χ1n) is 0.378. The Bertz CT molecular complexity index is 6.00. The van der Waals surface area contributed by atoms with Crippen molar-refractivity contribution in [3.05, 3.63) is 0 Å². The van der Waals surface area contributed by atoms with Gasteiger partial charge >= 0.3 is 55.5 Å². The molecule has 0 aromatic heterocycles. The molecule has 4 heavy (non-hydrogen) atoms. The Labute approximate surface area is 65.0 Å². The van der Waals surface area contributed by atoms with Crippen LogP contribution < -0.4 is 0 Å². The third kappa shape index (κ3) is 9.41. The van der Waals surface area contributed by atoms with E-state index >= 15 is 0 Å². The van der Waals surface area contributed by atoms with Gasteiger partial charge in [-0.3, -0.25) is 0 Å². The molecule has 0 atom stereocenters. The Morgan fingerprint density at radius 3 is 1.00 bits per heavy atom. The summed E-state index contributed by atoms with van der Waals surface area (Å²) in [5, 5.41) is 0. The number of halogens is 1. The number of hydrogen-bond donors (Lipinski definition) is 0. The predicted molar refractivity (Wildman–Crippen MR) is 14.1 cm³/mol. The van der Waals surface area contributed by atoms with Crippen molar-refractivity contribution in [2.24, 2.45) is 0 Å². The molecule has 4 N–H and O–H groups in total. The molecule has 0 saturated heterocycles. The fourth-order valence-corrected chi connectivity index (χ4v) is 0. The van der Waals surface area contributed by atoms with Crippen LogP contribution >= 0.6 is 0 Å². The summed E-state index contributed by atoms with van der Waals surface area (Å²) in [7, 11) is 0. The Morgan fingerprint density at radius 1 is 1.00 bits per heavy atom. The summed E-state index contributed by atoms with van der Waals surface area (Å²) < 4.78 is 9.71. The van der Waals surface area contributed by atoms with Gasteiger partial charge < -0.3 is 11.0 Å². The normalized spacial score (nSPS) is 1.75. The molecular weight excluding hydrogens is 136 g/mol. The molecule has 0 saturated carbocycles. The zero-order valence-electron chi connectivity index (χ0n) is 2.38. The number of hydrogen-bond acceptors (Lipinski definition) is 0. The molecule has 0 bridgehead atoms. The minimum atomic E-state index is -0.550. The molecule has 0 heterocycles. The van der Waals surface area contributed by atoms with Gasteiger partial charge in [-0.15, -0.1) is 0 Å². The van der Waals surface area contributed by atoms with Gasteiger partial charge in [-0.25, -0.2) is 0 Å². The van der Waals surface area contributed by atoms with E-state index in [9.17, 15) is -1.02 Å². The third-order valence-corrected chi connectivity index (χ3v) is 0. The van der Waals surface area contributed by atoms with Crippen LogP contribution in [0.3, 0.4) is 0 Å². The van der Waals surface area contributed by atoms with E-state index in [2.05, 4.69) is 0 Å². The van der Waals surface area contributed by atoms with Crippen molar-refractivity contribution in [2.45, 2.75) is 0 Å². The van der Waals surface area contributed by atoms with Gasteiger partial charge in [0.25, 0.3) is 0 Å². The summed E-state index contributed by atoms with van der Waals surface area (Å²) in [6.07, 6.45) is 0. The van der Waals surface area contributed by atoms with Crippen molar-refractivity contribution in [2.75, 3.05) is 0 Å². The summed E-state index contributed by atoms with van der Waals surface area (Å²) >= 11 is -0.550. The van der Waals surface area contributed by atoms with Gasteiger partial charge in [-0.05, 0) is 0 Å². The SMILES string of the molecule is O.O.[F][Rb]. The molecule has 0 amide bonds. The maximum absolute atomic E-state index is 9.71. The summed E-state index contributed by atoms with van der Waals surface area (Å²) in [6.45, 7) is 0. The second kappa shape index (κ2) is 22.7. The molecule has 0 rings (SSSR count). The average Bonchev–Trinajstić information content (AvgIpc) is 1.00. The van der Waals surface area contributed by atoms with Gasteiger partial charge in [0, 0.05) is 0 Å². The van der Waals surface area contributed by atoms with Crippen molar-refractivity contribution in [1.82, 2.24) is 0 Å². The van der Waals surface area contributed by atoms with Crippen LogP contribution in [0.4, 0.5) is -1.02 Å².